The maximum absolute atomic E-state index is 11.6. The largest absolute Gasteiger partial charge is 0.395 e. The van der Waals surface area contributed by atoms with Crippen molar-refractivity contribution in [1.29, 1.82) is 0 Å². The molecule has 0 aliphatic heterocycles. The molecule has 0 unspecified atom stereocenters. The van der Waals surface area contributed by atoms with Crippen molar-refractivity contribution in [1.82, 2.24) is 9.88 Å². The van der Waals surface area contributed by atoms with Crippen molar-refractivity contribution in [3.63, 3.8) is 0 Å². The Labute approximate surface area is 99.5 Å². The van der Waals surface area contributed by atoms with E-state index in [1.54, 1.807) is 12.1 Å². The number of aliphatic hydroxyl groups is 1. The van der Waals surface area contributed by atoms with Crippen molar-refractivity contribution in [3.05, 3.63) is 54.4 Å². The van der Waals surface area contributed by atoms with Gasteiger partial charge in [0.15, 0.2) is 0 Å². The number of carbonyl (C=O) groups is 1. The number of hydrogen-bond acceptors (Lipinski definition) is 2. The van der Waals surface area contributed by atoms with Crippen LogP contribution in [0.5, 0.6) is 0 Å². The smallest absolute Gasteiger partial charge is 0.251 e. The number of amides is 1. The minimum Gasteiger partial charge on any atom is -0.395 e. The van der Waals surface area contributed by atoms with E-state index >= 15 is 0 Å². The summed E-state index contributed by atoms with van der Waals surface area (Å²) in [4.78, 5) is 11.6. The Hall–Kier alpha value is -2.07. The summed E-state index contributed by atoms with van der Waals surface area (Å²) < 4.78 is 1.97. The van der Waals surface area contributed by atoms with Gasteiger partial charge in [0.2, 0.25) is 0 Å². The van der Waals surface area contributed by atoms with E-state index in [1.165, 1.54) is 0 Å². The number of aliphatic hydroxyl groups excluding tert-OH is 1. The monoisotopic (exact) mass is 230 g/mol. The normalized spacial score (nSPS) is 10.2. The third-order valence-electron chi connectivity index (χ3n) is 2.43. The van der Waals surface area contributed by atoms with Crippen molar-refractivity contribution < 1.29 is 9.90 Å². The molecule has 2 rings (SSSR count). The first-order chi connectivity index (χ1) is 8.31. The van der Waals surface area contributed by atoms with Gasteiger partial charge in [-0.05, 0) is 36.4 Å². The van der Waals surface area contributed by atoms with Crippen molar-refractivity contribution in [3.8, 4) is 5.69 Å². The Morgan fingerprint density at radius 2 is 1.82 bits per heavy atom. The molecular formula is C13H14N2O2. The maximum atomic E-state index is 11.6. The molecule has 1 aromatic heterocycles. The summed E-state index contributed by atoms with van der Waals surface area (Å²) in [6.45, 7) is 0.228. The lowest BCUT2D eigenvalue weighted by molar-refractivity contribution is 0.0945. The summed E-state index contributed by atoms with van der Waals surface area (Å²) in [5, 5.41) is 11.2. The quantitative estimate of drug-likeness (QED) is 0.829. The predicted octanol–water partition coefficient (Wildman–Crippen LogP) is 1.20. The molecule has 88 valence electrons. The number of rotatable bonds is 4. The molecule has 0 spiro atoms. The summed E-state index contributed by atoms with van der Waals surface area (Å²) in [5.41, 5.74) is 1.60. The van der Waals surface area contributed by atoms with Gasteiger partial charge in [-0.25, -0.2) is 0 Å². The lowest BCUT2D eigenvalue weighted by Crippen LogP contribution is -2.26. The third-order valence-corrected chi connectivity index (χ3v) is 2.43. The molecule has 0 aliphatic carbocycles. The van der Waals surface area contributed by atoms with Gasteiger partial charge in [-0.3, -0.25) is 4.79 Å². The number of hydrogen-bond donors (Lipinski definition) is 2. The first-order valence-corrected chi connectivity index (χ1v) is 5.44. The van der Waals surface area contributed by atoms with E-state index in [1.807, 2.05) is 41.2 Å². The third kappa shape index (κ3) is 2.73. The summed E-state index contributed by atoms with van der Waals surface area (Å²) in [5.74, 6) is -0.168. The van der Waals surface area contributed by atoms with Gasteiger partial charge in [-0.15, -0.1) is 0 Å². The molecule has 17 heavy (non-hydrogen) atoms. The Morgan fingerprint density at radius 1 is 1.18 bits per heavy atom. The highest BCUT2D eigenvalue weighted by molar-refractivity contribution is 5.94. The Kier molecular flexibility index (Phi) is 3.57. The van der Waals surface area contributed by atoms with Crippen LogP contribution in [0.4, 0.5) is 0 Å². The molecule has 2 aromatic rings. The standard InChI is InChI=1S/C13H14N2O2/c16-10-7-14-13(17)11-3-5-12(6-4-11)15-8-1-2-9-15/h1-6,8-9,16H,7,10H2,(H,14,17). The molecule has 0 saturated carbocycles. The average molecular weight is 230 g/mol. The van der Waals surface area contributed by atoms with Crippen LogP contribution in [0, 0.1) is 0 Å². The van der Waals surface area contributed by atoms with Crippen molar-refractivity contribution in [2.75, 3.05) is 13.2 Å². The van der Waals surface area contributed by atoms with Crippen LogP contribution in [0.3, 0.4) is 0 Å². The lowest BCUT2D eigenvalue weighted by Gasteiger charge is -2.05. The second-order valence-electron chi connectivity index (χ2n) is 3.62. The fourth-order valence-electron chi connectivity index (χ4n) is 1.56. The molecule has 0 radical (unpaired) electrons. The zero-order chi connectivity index (χ0) is 12.1. The van der Waals surface area contributed by atoms with E-state index in [0.717, 1.165) is 5.69 Å². The Bertz CT molecular complexity index is 475. The van der Waals surface area contributed by atoms with Crippen LogP contribution in [0.2, 0.25) is 0 Å². The van der Waals surface area contributed by atoms with Gasteiger partial charge in [-0.1, -0.05) is 0 Å². The highest BCUT2D eigenvalue weighted by atomic mass is 16.3. The van der Waals surface area contributed by atoms with Crippen LogP contribution < -0.4 is 5.32 Å². The van der Waals surface area contributed by atoms with E-state index < -0.39 is 0 Å². The number of aromatic nitrogens is 1. The summed E-state index contributed by atoms with van der Waals surface area (Å²) >= 11 is 0. The number of nitrogens with one attached hydrogen (secondary N) is 1. The van der Waals surface area contributed by atoms with Gasteiger partial charge in [0.05, 0.1) is 6.61 Å². The first-order valence-electron chi connectivity index (χ1n) is 5.44. The molecule has 0 aliphatic rings. The maximum Gasteiger partial charge on any atom is 0.251 e. The van der Waals surface area contributed by atoms with Gasteiger partial charge in [0.1, 0.15) is 0 Å². The van der Waals surface area contributed by atoms with Gasteiger partial charge in [0.25, 0.3) is 5.91 Å². The summed E-state index contributed by atoms with van der Waals surface area (Å²) in [6, 6.07) is 11.2. The fraction of sp³-hybridized carbons (Fsp3) is 0.154. The molecular weight excluding hydrogens is 216 g/mol. The molecule has 0 saturated heterocycles. The summed E-state index contributed by atoms with van der Waals surface area (Å²) in [7, 11) is 0. The first kappa shape index (κ1) is 11.4. The van der Waals surface area contributed by atoms with Gasteiger partial charge in [-0.2, -0.15) is 0 Å². The van der Waals surface area contributed by atoms with Gasteiger partial charge < -0.3 is 15.0 Å². The highest BCUT2D eigenvalue weighted by Crippen LogP contribution is 2.09. The van der Waals surface area contributed by atoms with E-state index in [0.29, 0.717) is 5.56 Å². The number of benzene rings is 1. The second kappa shape index (κ2) is 5.32. The van der Waals surface area contributed by atoms with Crippen molar-refractivity contribution in [2.24, 2.45) is 0 Å². The molecule has 1 heterocycles. The zero-order valence-electron chi connectivity index (χ0n) is 9.34. The van der Waals surface area contributed by atoms with Crippen LogP contribution in [0.25, 0.3) is 5.69 Å². The predicted molar refractivity (Wildman–Crippen MR) is 65.2 cm³/mol. The molecule has 0 bridgehead atoms. The van der Waals surface area contributed by atoms with E-state index in [2.05, 4.69) is 5.32 Å². The van der Waals surface area contributed by atoms with Crippen LogP contribution in [0.15, 0.2) is 48.8 Å². The average Bonchev–Trinajstić information content (AvgIpc) is 2.90. The number of carbonyl (C=O) groups excluding carboxylic acids is 1. The summed E-state index contributed by atoms with van der Waals surface area (Å²) in [6.07, 6.45) is 3.89. The molecule has 4 nitrogen and oxygen atoms in total. The van der Waals surface area contributed by atoms with Gasteiger partial charge in [0, 0.05) is 30.2 Å². The minimum absolute atomic E-state index is 0.0484. The molecule has 0 atom stereocenters. The van der Waals surface area contributed by atoms with Crippen LogP contribution in [-0.2, 0) is 0 Å². The topological polar surface area (TPSA) is 54.3 Å². The van der Waals surface area contributed by atoms with Crippen LogP contribution >= 0.6 is 0 Å². The SMILES string of the molecule is O=C(NCCO)c1ccc(-n2cccc2)cc1. The Balaban J connectivity index is 2.10. The Morgan fingerprint density at radius 3 is 2.41 bits per heavy atom. The van der Waals surface area contributed by atoms with Crippen LogP contribution in [0.1, 0.15) is 10.4 Å². The molecule has 4 heteroatoms. The van der Waals surface area contributed by atoms with Crippen molar-refractivity contribution in [2.45, 2.75) is 0 Å². The van der Waals surface area contributed by atoms with E-state index in [-0.39, 0.29) is 19.1 Å². The molecule has 1 aromatic carbocycles. The van der Waals surface area contributed by atoms with E-state index in [4.69, 9.17) is 5.11 Å². The van der Waals surface area contributed by atoms with Crippen molar-refractivity contribution >= 4 is 5.91 Å². The minimum atomic E-state index is -0.168. The molecule has 1 amide bonds. The fourth-order valence-corrected chi connectivity index (χ4v) is 1.56. The molecule has 2 N–H and O–H groups in total. The highest BCUT2D eigenvalue weighted by Gasteiger charge is 2.04. The van der Waals surface area contributed by atoms with Crippen LogP contribution in [-0.4, -0.2) is 28.7 Å². The number of nitrogens with zero attached hydrogens (tertiary/aromatic N) is 1. The zero-order valence-corrected chi connectivity index (χ0v) is 9.34. The lowest BCUT2D eigenvalue weighted by atomic mass is 10.2. The molecule has 0 fully saturated rings. The van der Waals surface area contributed by atoms with E-state index in [9.17, 15) is 4.79 Å². The second-order valence-corrected chi connectivity index (χ2v) is 3.62. The van der Waals surface area contributed by atoms with Gasteiger partial charge >= 0.3 is 0 Å².